The van der Waals surface area contributed by atoms with E-state index in [1.54, 1.807) is 23.5 Å². The minimum Gasteiger partial charge on any atom is -0.374 e. The van der Waals surface area contributed by atoms with Gasteiger partial charge in [0.2, 0.25) is 11.8 Å². The van der Waals surface area contributed by atoms with Crippen LogP contribution in [0.15, 0.2) is 36.8 Å². The summed E-state index contributed by atoms with van der Waals surface area (Å²) in [6, 6.07) is 5.49. The molecule has 0 bridgehead atoms. The van der Waals surface area contributed by atoms with E-state index in [2.05, 4.69) is 10.1 Å². The second-order valence-corrected chi connectivity index (χ2v) is 6.97. The van der Waals surface area contributed by atoms with Crippen LogP contribution in [-0.4, -0.2) is 44.6 Å². The molecule has 1 atom stereocenters. The van der Waals surface area contributed by atoms with Crippen LogP contribution < -0.4 is 0 Å². The van der Waals surface area contributed by atoms with Crippen molar-refractivity contribution in [1.29, 1.82) is 0 Å². The number of nitrogens with zero attached hydrogens (tertiary/aromatic N) is 4. The lowest BCUT2D eigenvalue weighted by Gasteiger charge is -2.40. The number of amides is 1. The number of hydrogen-bond donors (Lipinski definition) is 0. The van der Waals surface area contributed by atoms with E-state index in [4.69, 9.17) is 4.74 Å². The van der Waals surface area contributed by atoms with Gasteiger partial charge in [-0.15, -0.1) is 0 Å². The van der Waals surface area contributed by atoms with Crippen LogP contribution in [0, 0.1) is 5.92 Å². The van der Waals surface area contributed by atoms with Crippen LogP contribution in [0.5, 0.6) is 0 Å². The molecule has 0 saturated heterocycles. The Hall–Kier alpha value is -2.35. The summed E-state index contributed by atoms with van der Waals surface area (Å²) >= 11 is 0. The molecule has 2 aliphatic rings. The Morgan fingerprint density at radius 3 is 2.73 bits per heavy atom. The van der Waals surface area contributed by atoms with Gasteiger partial charge in [-0.3, -0.25) is 14.5 Å². The number of fused-ring (bicyclic) bond motifs is 1. The van der Waals surface area contributed by atoms with Crippen LogP contribution in [0.4, 0.5) is 8.78 Å². The molecule has 26 heavy (non-hydrogen) atoms. The zero-order valence-electron chi connectivity index (χ0n) is 14.2. The van der Waals surface area contributed by atoms with Gasteiger partial charge in [-0.1, -0.05) is 0 Å². The fourth-order valence-electron chi connectivity index (χ4n) is 3.56. The van der Waals surface area contributed by atoms with Crippen LogP contribution in [0.2, 0.25) is 0 Å². The van der Waals surface area contributed by atoms with Crippen molar-refractivity contribution >= 4 is 5.91 Å². The van der Waals surface area contributed by atoms with Gasteiger partial charge in [-0.05, 0) is 23.8 Å². The van der Waals surface area contributed by atoms with E-state index in [9.17, 15) is 13.6 Å². The molecule has 1 unspecified atom stereocenters. The maximum absolute atomic E-state index is 13.1. The van der Waals surface area contributed by atoms with Gasteiger partial charge in [0.05, 0.1) is 31.5 Å². The number of carbonyl (C=O) groups is 1. The Balaban J connectivity index is 1.39. The number of carbonyl (C=O) groups excluding carboxylic acids is 1. The topological polar surface area (TPSA) is 60.2 Å². The number of alkyl halides is 2. The monoisotopic (exact) mass is 362 g/mol. The van der Waals surface area contributed by atoms with Crippen molar-refractivity contribution in [1.82, 2.24) is 19.7 Å². The molecule has 2 aromatic rings. The molecule has 1 aliphatic carbocycles. The highest BCUT2D eigenvalue weighted by Gasteiger charge is 2.50. The number of halogens is 2. The number of pyridine rings is 1. The van der Waals surface area contributed by atoms with Crippen LogP contribution in [0.25, 0.3) is 0 Å². The van der Waals surface area contributed by atoms with Gasteiger partial charge >= 0.3 is 0 Å². The Morgan fingerprint density at radius 1 is 1.23 bits per heavy atom. The molecule has 1 saturated carbocycles. The molecule has 8 heteroatoms. The zero-order chi connectivity index (χ0) is 18.1. The van der Waals surface area contributed by atoms with Gasteiger partial charge in [-0.25, -0.2) is 8.78 Å². The van der Waals surface area contributed by atoms with Crippen molar-refractivity contribution in [3.8, 4) is 0 Å². The van der Waals surface area contributed by atoms with Gasteiger partial charge in [0, 0.05) is 43.9 Å². The second-order valence-electron chi connectivity index (χ2n) is 6.97. The highest BCUT2D eigenvalue weighted by atomic mass is 19.3. The van der Waals surface area contributed by atoms with Gasteiger partial charge in [0.25, 0.3) is 0 Å². The minimum absolute atomic E-state index is 0.125. The van der Waals surface area contributed by atoms with E-state index in [-0.39, 0.29) is 24.8 Å². The maximum atomic E-state index is 13.1. The standard InChI is InChI=1S/C18H20F2N4O2/c19-18(20)7-14(8-18)17(25)23-9-15-3-6-22-24(15)16(10-23)12-26-11-13-1-4-21-5-2-13/h1-6,14,16H,7-12H2. The van der Waals surface area contributed by atoms with Gasteiger partial charge in [-0.2, -0.15) is 5.10 Å². The van der Waals surface area contributed by atoms with Crippen LogP contribution in [0.3, 0.4) is 0 Å². The van der Waals surface area contributed by atoms with E-state index in [1.807, 2.05) is 22.9 Å². The Bertz CT molecular complexity index is 773. The molecule has 1 aliphatic heterocycles. The molecule has 1 fully saturated rings. The van der Waals surface area contributed by atoms with Crippen molar-refractivity contribution in [3.05, 3.63) is 48.0 Å². The SMILES string of the molecule is O=C(C1CC(F)(F)C1)N1Cc2ccnn2C(COCc2ccncc2)C1. The van der Waals surface area contributed by atoms with E-state index in [0.29, 0.717) is 26.3 Å². The summed E-state index contributed by atoms with van der Waals surface area (Å²) in [5.41, 5.74) is 1.91. The average Bonchev–Trinajstić information content (AvgIpc) is 3.08. The predicted molar refractivity (Wildman–Crippen MR) is 88.2 cm³/mol. The normalized spacial score (nSPS) is 21.9. The molecule has 6 nitrogen and oxygen atoms in total. The lowest BCUT2D eigenvalue weighted by Crippen LogP contribution is -2.50. The Kier molecular flexibility index (Phi) is 4.44. The van der Waals surface area contributed by atoms with Crippen molar-refractivity contribution < 1.29 is 18.3 Å². The molecule has 3 heterocycles. The molecule has 0 aromatic carbocycles. The molecular formula is C18H20F2N4O2. The minimum atomic E-state index is -2.69. The molecule has 0 N–H and O–H groups in total. The Morgan fingerprint density at radius 2 is 2.00 bits per heavy atom. The van der Waals surface area contributed by atoms with Crippen LogP contribution in [-0.2, 0) is 22.7 Å². The first-order valence-electron chi connectivity index (χ1n) is 8.67. The van der Waals surface area contributed by atoms with E-state index < -0.39 is 11.8 Å². The van der Waals surface area contributed by atoms with Crippen molar-refractivity contribution in [3.63, 3.8) is 0 Å². The lowest BCUT2D eigenvalue weighted by atomic mass is 9.80. The van der Waals surface area contributed by atoms with Gasteiger partial charge in [0.1, 0.15) is 0 Å². The molecule has 138 valence electrons. The summed E-state index contributed by atoms with van der Waals surface area (Å²) in [7, 11) is 0. The average molecular weight is 362 g/mol. The first kappa shape index (κ1) is 17.1. The number of rotatable bonds is 5. The molecule has 4 rings (SSSR count). The predicted octanol–water partition coefficient (Wildman–Crippen LogP) is 2.42. The highest BCUT2D eigenvalue weighted by molar-refractivity contribution is 5.80. The fraction of sp³-hybridized carbons (Fsp3) is 0.500. The van der Waals surface area contributed by atoms with Crippen molar-refractivity contribution in [2.24, 2.45) is 5.92 Å². The number of hydrogen-bond acceptors (Lipinski definition) is 4. The summed E-state index contributed by atoms with van der Waals surface area (Å²) in [4.78, 5) is 18.2. The summed E-state index contributed by atoms with van der Waals surface area (Å²) in [6.45, 7) is 1.66. The molecule has 0 radical (unpaired) electrons. The third kappa shape index (κ3) is 3.46. The summed E-state index contributed by atoms with van der Waals surface area (Å²) < 4.78 is 33.9. The van der Waals surface area contributed by atoms with Crippen LogP contribution >= 0.6 is 0 Å². The third-order valence-corrected chi connectivity index (χ3v) is 4.96. The summed E-state index contributed by atoms with van der Waals surface area (Å²) in [6.07, 6.45) is 4.42. The number of aromatic nitrogens is 3. The fourth-order valence-corrected chi connectivity index (χ4v) is 3.56. The second kappa shape index (κ2) is 6.75. The van der Waals surface area contributed by atoms with E-state index in [1.165, 1.54) is 0 Å². The first-order valence-corrected chi connectivity index (χ1v) is 8.67. The maximum Gasteiger partial charge on any atom is 0.249 e. The lowest BCUT2D eigenvalue weighted by molar-refractivity contribution is -0.162. The van der Waals surface area contributed by atoms with Crippen LogP contribution in [0.1, 0.15) is 30.1 Å². The zero-order valence-corrected chi connectivity index (χ0v) is 14.2. The smallest absolute Gasteiger partial charge is 0.249 e. The van der Waals surface area contributed by atoms with E-state index >= 15 is 0 Å². The Labute approximate surface area is 149 Å². The quantitative estimate of drug-likeness (QED) is 0.820. The molecule has 0 spiro atoms. The number of ether oxygens (including phenoxy) is 1. The van der Waals surface area contributed by atoms with E-state index in [0.717, 1.165) is 11.3 Å². The largest absolute Gasteiger partial charge is 0.374 e. The van der Waals surface area contributed by atoms with Crippen molar-refractivity contribution in [2.45, 2.75) is 38.0 Å². The van der Waals surface area contributed by atoms with Crippen molar-refractivity contribution in [2.75, 3.05) is 13.2 Å². The third-order valence-electron chi connectivity index (χ3n) is 4.96. The highest BCUT2D eigenvalue weighted by Crippen LogP contribution is 2.43. The summed E-state index contributed by atoms with van der Waals surface area (Å²) in [5.74, 6) is -3.45. The van der Waals surface area contributed by atoms with Gasteiger partial charge < -0.3 is 9.64 Å². The molecular weight excluding hydrogens is 342 g/mol. The first-order chi connectivity index (χ1) is 12.5. The van der Waals surface area contributed by atoms with Gasteiger partial charge in [0.15, 0.2) is 0 Å². The molecule has 1 amide bonds. The summed E-state index contributed by atoms with van der Waals surface area (Å²) in [5, 5.41) is 4.33. The molecule has 2 aromatic heterocycles.